The minimum atomic E-state index is -0.932. The van der Waals surface area contributed by atoms with Crippen LogP contribution in [-0.2, 0) is 0 Å². The van der Waals surface area contributed by atoms with Crippen LogP contribution in [0.5, 0.6) is 0 Å². The van der Waals surface area contributed by atoms with Gasteiger partial charge in [-0.1, -0.05) is 6.92 Å². The van der Waals surface area contributed by atoms with Crippen LogP contribution < -0.4 is 0 Å². The van der Waals surface area contributed by atoms with Crippen molar-refractivity contribution in [1.82, 2.24) is 4.98 Å². The van der Waals surface area contributed by atoms with Crippen LogP contribution in [0, 0.1) is 12.8 Å². The molecule has 0 bridgehead atoms. The van der Waals surface area contributed by atoms with Gasteiger partial charge < -0.3 is 9.52 Å². The molecule has 0 radical (unpaired) electrons. The summed E-state index contributed by atoms with van der Waals surface area (Å²) in [5.74, 6) is 1.95. The molecular formula is C13H13NO3S. The Morgan fingerprint density at radius 2 is 2.28 bits per heavy atom. The largest absolute Gasteiger partial charge is 0.477 e. The number of hydrogen-bond donors (Lipinski definition) is 1. The van der Waals surface area contributed by atoms with E-state index >= 15 is 0 Å². The molecule has 0 aromatic carbocycles. The van der Waals surface area contributed by atoms with Gasteiger partial charge in [-0.3, -0.25) is 0 Å². The van der Waals surface area contributed by atoms with E-state index < -0.39 is 5.97 Å². The smallest absolute Gasteiger partial charge is 0.347 e. The van der Waals surface area contributed by atoms with Crippen LogP contribution in [0.4, 0.5) is 0 Å². The van der Waals surface area contributed by atoms with E-state index in [1.807, 2.05) is 12.1 Å². The summed E-state index contributed by atoms with van der Waals surface area (Å²) in [6.07, 6.45) is 1.17. The molecule has 2 aromatic rings. The van der Waals surface area contributed by atoms with Crippen LogP contribution in [0.25, 0.3) is 10.8 Å². The van der Waals surface area contributed by atoms with Crippen molar-refractivity contribution < 1.29 is 14.3 Å². The van der Waals surface area contributed by atoms with Gasteiger partial charge in [-0.2, -0.15) is 0 Å². The molecule has 2 unspecified atom stereocenters. The number of nitrogens with zero attached hydrogens (tertiary/aromatic N) is 1. The Bertz CT molecular complexity index is 614. The standard InChI is InChI=1S/C13H13NO3S/c1-6-5-8(6)9-3-4-10(17-9)12-14-7(2)11(18-12)13(15)16/h3-4,6,8H,5H2,1-2H3,(H,15,16). The molecule has 1 aliphatic carbocycles. The van der Waals surface area contributed by atoms with Crippen molar-refractivity contribution in [3.63, 3.8) is 0 Å². The number of aromatic carboxylic acids is 1. The summed E-state index contributed by atoms with van der Waals surface area (Å²) in [7, 11) is 0. The summed E-state index contributed by atoms with van der Waals surface area (Å²) in [6, 6.07) is 3.85. The Kier molecular flexibility index (Phi) is 2.52. The van der Waals surface area contributed by atoms with Gasteiger partial charge in [0.25, 0.3) is 0 Å². The Morgan fingerprint density at radius 1 is 1.56 bits per heavy atom. The summed E-state index contributed by atoms with van der Waals surface area (Å²) in [5, 5.41) is 9.65. The lowest BCUT2D eigenvalue weighted by Crippen LogP contribution is -1.94. The van der Waals surface area contributed by atoms with E-state index in [-0.39, 0.29) is 4.88 Å². The van der Waals surface area contributed by atoms with E-state index in [1.165, 1.54) is 6.42 Å². The lowest BCUT2D eigenvalue weighted by Gasteiger charge is -1.91. The predicted octanol–water partition coefficient (Wildman–Crippen LogP) is 3.53. The van der Waals surface area contributed by atoms with Crippen molar-refractivity contribution >= 4 is 17.3 Å². The second kappa shape index (κ2) is 3.95. The second-order valence-corrected chi connectivity index (χ2v) is 5.76. The highest BCUT2D eigenvalue weighted by molar-refractivity contribution is 7.16. The summed E-state index contributed by atoms with van der Waals surface area (Å²) in [5.41, 5.74) is 0.542. The van der Waals surface area contributed by atoms with Gasteiger partial charge in [-0.05, 0) is 31.4 Å². The predicted molar refractivity (Wildman–Crippen MR) is 68.0 cm³/mol. The molecule has 1 aliphatic rings. The zero-order chi connectivity index (χ0) is 12.9. The molecule has 94 valence electrons. The minimum Gasteiger partial charge on any atom is -0.477 e. The van der Waals surface area contributed by atoms with E-state index in [0.717, 1.165) is 17.1 Å². The highest BCUT2D eigenvalue weighted by Gasteiger charge is 2.36. The summed E-state index contributed by atoms with van der Waals surface area (Å²) in [4.78, 5) is 15.5. The molecule has 0 spiro atoms. The van der Waals surface area contributed by atoms with Gasteiger partial charge in [0.2, 0.25) is 0 Å². The lowest BCUT2D eigenvalue weighted by molar-refractivity contribution is 0.0701. The molecule has 5 heteroatoms. The number of rotatable bonds is 3. The van der Waals surface area contributed by atoms with E-state index in [9.17, 15) is 4.79 Å². The van der Waals surface area contributed by atoms with Crippen molar-refractivity contribution in [2.24, 2.45) is 5.92 Å². The molecule has 1 N–H and O–H groups in total. The minimum absolute atomic E-state index is 0.280. The van der Waals surface area contributed by atoms with Crippen molar-refractivity contribution in [2.75, 3.05) is 0 Å². The fraction of sp³-hybridized carbons (Fsp3) is 0.385. The molecule has 0 aliphatic heterocycles. The molecule has 2 atom stereocenters. The van der Waals surface area contributed by atoms with Crippen molar-refractivity contribution in [2.45, 2.75) is 26.2 Å². The van der Waals surface area contributed by atoms with Crippen LogP contribution in [-0.4, -0.2) is 16.1 Å². The lowest BCUT2D eigenvalue weighted by atomic mass is 10.3. The van der Waals surface area contributed by atoms with Crippen molar-refractivity contribution in [1.29, 1.82) is 0 Å². The first-order valence-corrected chi connectivity index (χ1v) is 6.68. The van der Waals surface area contributed by atoms with Crippen LogP contribution in [0.2, 0.25) is 0 Å². The molecular weight excluding hydrogens is 250 g/mol. The van der Waals surface area contributed by atoms with Crippen LogP contribution in [0.15, 0.2) is 16.5 Å². The topological polar surface area (TPSA) is 63.3 Å². The van der Waals surface area contributed by atoms with Gasteiger partial charge in [0.05, 0.1) is 5.69 Å². The Labute approximate surface area is 108 Å². The number of carbonyl (C=O) groups is 1. The van der Waals surface area contributed by atoms with Gasteiger partial charge in [0.1, 0.15) is 10.6 Å². The van der Waals surface area contributed by atoms with E-state index in [1.54, 1.807) is 6.92 Å². The Hall–Kier alpha value is -1.62. The first kappa shape index (κ1) is 11.5. The fourth-order valence-corrected chi connectivity index (χ4v) is 2.95. The molecule has 0 saturated heterocycles. The number of aryl methyl sites for hydroxylation is 1. The maximum absolute atomic E-state index is 11.0. The number of furan rings is 1. The van der Waals surface area contributed by atoms with Gasteiger partial charge in [0, 0.05) is 5.92 Å². The van der Waals surface area contributed by atoms with Crippen LogP contribution in [0.1, 0.15) is 40.4 Å². The highest BCUT2D eigenvalue weighted by Crippen LogP contribution is 2.48. The molecule has 0 amide bonds. The van der Waals surface area contributed by atoms with Crippen LogP contribution in [0.3, 0.4) is 0 Å². The van der Waals surface area contributed by atoms with E-state index in [0.29, 0.717) is 28.3 Å². The number of hydrogen-bond acceptors (Lipinski definition) is 4. The maximum atomic E-state index is 11.0. The third-order valence-electron chi connectivity index (χ3n) is 3.30. The van der Waals surface area contributed by atoms with Gasteiger partial charge >= 0.3 is 5.97 Å². The number of carboxylic acid groups (broad SMARTS) is 1. The van der Waals surface area contributed by atoms with E-state index in [2.05, 4.69) is 11.9 Å². The van der Waals surface area contributed by atoms with Gasteiger partial charge in [0.15, 0.2) is 10.8 Å². The average Bonchev–Trinajstić information content (AvgIpc) is 2.79. The number of carboxylic acids is 1. The number of aromatic nitrogens is 1. The monoisotopic (exact) mass is 263 g/mol. The molecule has 1 fully saturated rings. The average molecular weight is 263 g/mol. The zero-order valence-corrected chi connectivity index (χ0v) is 11.0. The fourth-order valence-electron chi connectivity index (χ4n) is 2.09. The summed E-state index contributed by atoms with van der Waals surface area (Å²) < 4.78 is 5.77. The summed E-state index contributed by atoms with van der Waals surface area (Å²) >= 11 is 1.16. The molecule has 4 nitrogen and oxygen atoms in total. The maximum Gasteiger partial charge on any atom is 0.347 e. The van der Waals surface area contributed by atoms with Gasteiger partial charge in [-0.25, -0.2) is 9.78 Å². The van der Waals surface area contributed by atoms with Crippen LogP contribution >= 0.6 is 11.3 Å². The van der Waals surface area contributed by atoms with Crippen molar-refractivity contribution in [3.05, 3.63) is 28.5 Å². The first-order chi connectivity index (χ1) is 8.56. The summed E-state index contributed by atoms with van der Waals surface area (Å²) in [6.45, 7) is 3.90. The molecule has 18 heavy (non-hydrogen) atoms. The quantitative estimate of drug-likeness (QED) is 0.920. The second-order valence-electron chi connectivity index (χ2n) is 4.76. The van der Waals surface area contributed by atoms with Gasteiger partial charge in [-0.15, -0.1) is 11.3 Å². The molecule has 3 rings (SSSR count). The first-order valence-electron chi connectivity index (χ1n) is 5.87. The third kappa shape index (κ3) is 1.84. The Morgan fingerprint density at radius 3 is 2.83 bits per heavy atom. The molecule has 2 heterocycles. The number of thiazole rings is 1. The zero-order valence-electron chi connectivity index (χ0n) is 10.1. The SMILES string of the molecule is Cc1nc(-c2ccc(C3CC3C)o2)sc1C(=O)O. The highest BCUT2D eigenvalue weighted by atomic mass is 32.1. The molecule has 2 aromatic heterocycles. The van der Waals surface area contributed by atoms with Crippen molar-refractivity contribution in [3.8, 4) is 10.8 Å². The third-order valence-corrected chi connectivity index (χ3v) is 4.46. The molecule has 1 saturated carbocycles. The Balaban J connectivity index is 1.92. The van der Waals surface area contributed by atoms with E-state index in [4.69, 9.17) is 9.52 Å². The normalized spacial score (nSPS) is 22.1.